The molecule has 2 N–H and O–H groups in total. The third-order valence-corrected chi connectivity index (χ3v) is 2.17. The van der Waals surface area contributed by atoms with Crippen LogP contribution in [-0.4, -0.2) is 27.7 Å². The molecule has 7 nitrogen and oxygen atoms in total. The Balaban J connectivity index is 1.88. The summed E-state index contributed by atoms with van der Waals surface area (Å²) >= 11 is 0. The van der Waals surface area contributed by atoms with Crippen molar-refractivity contribution in [1.82, 2.24) is 20.1 Å². The van der Waals surface area contributed by atoms with Crippen molar-refractivity contribution in [2.24, 2.45) is 0 Å². The second-order valence-electron chi connectivity index (χ2n) is 3.42. The summed E-state index contributed by atoms with van der Waals surface area (Å²) in [6.07, 6.45) is 6.43. The zero-order chi connectivity index (χ0) is 12.1. The van der Waals surface area contributed by atoms with Crippen molar-refractivity contribution >= 4 is 11.6 Å². The van der Waals surface area contributed by atoms with E-state index in [1.54, 1.807) is 30.3 Å². The number of hydrogen-bond acceptors (Lipinski definition) is 5. The standard InChI is InChI=1S/C10H13N5O2/c1-11-10(16)6-15-5-8(2-14-15)13-4-9-3-12-7-17-9/h2-3,5,7,13H,4,6H2,1H3,(H,11,16). The molecular weight excluding hydrogens is 222 g/mol. The van der Waals surface area contributed by atoms with Crippen LogP contribution in [0.25, 0.3) is 0 Å². The first-order chi connectivity index (χ1) is 8.28. The largest absolute Gasteiger partial charge is 0.447 e. The van der Waals surface area contributed by atoms with Gasteiger partial charge in [-0.2, -0.15) is 5.10 Å². The molecule has 90 valence electrons. The number of oxazole rings is 1. The smallest absolute Gasteiger partial charge is 0.241 e. The van der Waals surface area contributed by atoms with Gasteiger partial charge in [-0.1, -0.05) is 0 Å². The summed E-state index contributed by atoms with van der Waals surface area (Å²) in [6, 6.07) is 0. The van der Waals surface area contributed by atoms with E-state index in [1.165, 1.54) is 6.39 Å². The monoisotopic (exact) mass is 235 g/mol. The average Bonchev–Trinajstić information content (AvgIpc) is 2.97. The van der Waals surface area contributed by atoms with Gasteiger partial charge in [0.2, 0.25) is 5.91 Å². The molecule has 0 atom stereocenters. The SMILES string of the molecule is CNC(=O)Cn1cc(NCc2cnco2)cn1. The first kappa shape index (κ1) is 11.2. The number of amides is 1. The van der Waals surface area contributed by atoms with Gasteiger partial charge in [-0.15, -0.1) is 0 Å². The Labute approximate surface area is 97.8 Å². The Bertz CT molecular complexity index is 477. The summed E-state index contributed by atoms with van der Waals surface area (Å²) in [4.78, 5) is 14.9. The van der Waals surface area contributed by atoms with Crippen molar-refractivity contribution in [3.63, 3.8) is 0 Å². The lowest BCUT2D eigenvalue weighted by molar-refractivity contribution is -0.121. The predicted octanol–water partition coefficient (Wildman–Crippen LogP) is 0.229. The number of nitrogens with one attached hydrogen (secondary N) is 2. The Hall–Kier alpha value is -2.31. The zero-order valence-electron chi connectivity index (χ0n) is 9.38. The highest BCUT2D eigenvalue weighted by atomic mass is 16.3. The van der Waals surface area contributed by atoms with Crippen LogP contribution in [0.4, 0.5) is 5.69 Å². The van der Waals surface area contributed by atoms with Crippen molar-refractivity contribution in [2.45, 2.75) is 13.1 Å². The molecular formula is C10H13N5O2. The van der Waals surface area contributed by atoms with Crippen LogP contribution in [0.5, 0.6) is 0 Å². The van der Waals surface area contributed by atoms with Gasteiger partial charge in [0.15, 0.2) is 6.39 Å². The summed E-state index contributed by atoms with van der Waals surface area (Å²) in [6.45, 7) is 0.742. The Morgan fingerprint density at radius 1 is 1.53 bits per heavy atom. The maximum atomic E-state index is 11.1. The van der Waals surface area contributed by atoms with Gasteiger partial charge in [-0.05, 0) is 0 Å². The van der Waals surface area contributed by atoms with E-state index in [2.05, 4.69) is 20.7 Å². The van der Waals surface area contributed by atoms with Crippen molar-refractivity contribution in [1.29, 1.82) is 0 Å². The fraction of sp³-hybridized carbons (Fsp3) is 0.300. The van der Waals surface area contributed by atoms with Gasteiger partial charge in [-0.25, -0.2) is 4.98 Å². The minimum absolute atomic E-state index is 0.0881. The van der Waals surface area contributed by atoms with E-state index in [0.29, 0.717) is 6.54 Å². The summed E-state index contributed by atoms with van der Waals surface area (Å²) in [5.41, 5.74) is 0.824. The third-order valence-electron chi connectivity index (χ3n) is 2.17. The normalized spacial score (nSPS) is 10.2. The molecule has 0 fully saturated rings. The van der Waals surface area contributed by atoms with Crippen LogP contribution in [0.2, 0.25) is 0 Å². The molecule has 7 heteroatoms. The van der Waals surface area contributed by atoms with Gasteiger partial charge < -0.3 is 15.1 Å². The van der Waals surface area contributed by atoms with E-state index in [4.69, 9.17) is 4.42 Å². The molecule has 0 aliphatic heterocycles. The maximum Gasteiger partial charge on any atom is 0.241 e. The van der Waals surface area contributed by atoms with Crippen LogP contribution in [0, 0.1) is 0 Å². The number of likely N-dealkylation sites (N-methyl/N-ethyl adjacent to an activating group) is 1. The minimum atomic E-state index is -0.0881. The highest BCUT2D eigenvalue weighted by Crippen LogP contribution is 2.07. The molecule has 2 aromatic heterocycles. The van der Waals surface area contributed by atoms with Crippen molar-refractivity contribution in [2.75, 3.05) is 12.4 Å². The number of rotatable bonds is 5. The lowest BCUT2D eigenvalue weighted by atomic mass is 10.4. The Kier molecular flexibility index (Phi) is 3.39. The predicted molar refractivity (Wildman–Crippen MR) is 60.1 cm³/mol. The molecule has 1 amide bonds. The topological polar surface area (TPSA) is 85.0 Å². The Morgan fingerprint density at radius 3 is 3.12 bits per heavy atom. The molecule has 0 saturated carbocycles. The molecule has 0 unspecified atom stereocenters. The van der Waals surface area contributed by atoms with E-state index in [0.717, 1.165) is 11.4 Å². The zero-order valence-corrected chi connectivity index (χ0v) is 9.38. The second kappa shape index (κ2) is 5.15. The number of anilines is 1. The second-order valence-corrected chi connectivity index (χ2v) is 3.42. The summed E-state index contributed by atoms with van der Waals surface area (Å²) < 4.78 is 6.64. The number of aromatic nitrogens is 3. The highest BCUT2D eigenvalue weighted by Gasteiger charge is 2.03. The van der Waals surface area contributed by atoms with Gasteiger partial charge in [0.05, 0.1) is 24.6 Å². The molecule has 0 spiro atoms. The van der Waals surface area contributed by atoms with Crippen LogP contribution in [-0.2, 0) is 17.9 Å². The third kappa shape index (κ3) is 3.07. The van der Waals surface area contributed by atoms with E-state index in [1.807, 2.05) is 0 Å². The van der Waals surface area contributed by atoms with Gasteiger partial charge in [0, 0.05) is 13.2 Å². The van der Waals surface area contributed by atoms with Gasteiger partial charge in [0.25, 0.3) is 0 Å². The quantitative estimate of drug-likeness (QED) is 0.774. The molecule has 0 aliphatic rings. The molecule has 0 saturated heterocycles. The molecule has 17 heavy (non-hydrogen) atoms. The van der Waals surface area contributed by atoms with E-state index < -0.39 is 0 Å². The summed E-state index contributed by atoms with van der Waals surface area (Å²) in [5, 5.41) is 9.69. The Morgan fingerprint density at radius 2 is 2.41 bits per heavy atom. The van der Waals surface area contributed by atoms with E-state index >= 15 is 0 Å². The maximum absolute atomic E-state index is 11.1. The molecule has 2 rings (SSSR count). The first-order valence-corrected chi connectivity index (χ1v) is 5.12. The van der Waals surface area contributed by atoms with Gasteiger partial charge in [0.1, 0.15) is 12.3 Å². The molecule has 0 aromatic carbocycles. The van der Waals surface area contributed by atoms with Crippen LogP contribution in [0.15, 0.2) is 29.4 Å². The fourth-order valence-electron chi connectivity index (χ4n) is 1.29. The summed E-state index contributed by atoms with van der Waals surface area (Å²) in [5.74, 6) is 0.652. The fourth-order valence-corrected chi connectivity index (χ4v) is 1.29. The molecule has 2 heterocycles. The first-order valence-electron chi connectivity index (χ1n) is 5.12. The van der Waals surface area contributed by atoms with Crippen LogP contribution >= 0.6 is 0 Å². The lowest BCUT2D eigenvalue weighted by Crippen LogP contribution is -2.23. The number of carbonyl (C=O) groups is 1. The number of carbonyl (C=O) groups excluding carboxylic acids is 1. The van der Waals surface area contributed by atoms with Gasteiger partial charge >= 0.3 is 0 Å². The van der Waals surface area contributed by atoms with Crippen LogP contribution < -0.4 is 10.6 Å². The number of nitrogens with zero attached hydrogens (tertiary/aromatic N) is 3. The minimum Gasteiger partial charge on any atom is -0.447 e. The molecule has 0 aliphatic carbocycles. The average molecular weight is 235 g/mol. The van der Waals surface area contributed by atoms with Crippen molar-refractivity contribution in [3.05, 3.63) is 30.7 Å². The van der Waals surface area contributed by atoms with Crippen LogP contribution in [0.1, 0.15) is 5.76 Å². The van der Waals surface area contributed by atoms with Crippen molar-refractivity contribution in [3.8, 4) is 0 Å². The van der Waals surface area contributed by atoms with Crippen LogP contribution in [0.3, 0.4) is 0 Å². The molecule has 0 bridgehead atoms. The van der Waals surface area contributed by atoms with E-state index in [-0.39, 0.29) is 12.5 Å². The lowest BCUT2D eigenvalue weighted by Gasteiger charge is -2.00. The van der Waals surface area contributed by atoms with Gasteiger partial charge in [-0.3, -0.25) is 9.48 Å². The number of hydrogen-bond donors (Lipinski definition) is 2. The highest BCUT2D eigenvalue weighted by molar-refractivity contribution is 5.75. The van der Waals surface area contributed by atoms with Crippen molar-refractivity contribution < 1.29 is 9.21 Å². The summed E-state index contributed by atoms with van der Waals surface area (Å²) in [7, 11) is 1.59. The molecule has 2 aromatic rings. The van der Waals surface area contributed by atoms with E-state index in [9.17, 15) is 4.79 Å². The molecule has 0 radical (unpaired) electrons.